The van der Waals surface area contributed by atoms with Crippen LogP contribution in [0.25, 0.3) is 0 Å². The maximum Gasteiger partial charge on any atom is 0.248 e. The van der Waals surface area contributed by atoms with E-state index in [0.717, 1.165) is 6.42 Å². The summed E-state index contributed by atoms with van der Waals surface area (Å²) in [5.74, 6) is -0.448. The fraction of sp³-hybridized carbons (Fsp3) is 0.471. The third-order valence-electron chi connectivity index (χ3n) is 4.12. The first-order valence-electron chi connectivity index (χ1n) is 7.99. The Hall–Kier alpha value is -2.37. The second kappa shape index (κ2) is 7.76. The van der Waals surface area contributed by atoms with Gasteiger partial charge in [0.15, 0.2) is 0 Å². The van der Waals surface area contributed by atoms with Crippen LogP contribution >= 0.6 is 0 Å². The number of carbonyl (C=O) groups is 3. The highest BCUT2D eigenvalue weighted by atomic mass is 16.2. The standard InChI is InChI=1S/C17H23N3O3/c1-2-3-15(21)20-10-8-13(9-11-20)17(23)19-14-6-4-12(5-7-14)16(18)22/h4-7,13H,2-3,8-11H2,1H3,(H2,18,22)(H,19,23). The van der Waals surface area contributed by atoms with Gasteiger partial charge in [0.2, 0.25) is 17.7 Å². The Morgan fingerprint density at radius 2 is 1.78 bits per heavy atom. The molecule has 1 aliphatic heterocycles. The van der Waals surface area contributed by atoms with Crippen LogP contribution in [0.1, 0.15) is 43.0 Å². The molecular formula is C17H23N3O3. The summed E-state index contributed by atoms with van der Waals surface area (Å²) in [7, 11) is 0. The van der Waals surface area contributed by atoms with Gasteiger partial charge in [-0.25, -0.2) is 0 Å². The van der Waals surface area contributed by atoms with E-state index in [-0.39, 0.29) is 17.7 Å². The Morgan fingerprint density at radius 1 is 1.17 bits per heavy atom. The molecule has 0 spiro atoms. The summed E-state index contributed by atoms with van der Waals surface area (Å²) < 4.78 is 0. The van der Waals surface area contributed by atoms with E-state index < -0.39 is 5.91 Å². The van der Waals surface area contributed by atoms with Crippen LogP contribution in [-0.4, -0.2) is 35.7 Å². The number of anilines is 1. The molecule has 23 heavy (non-hydrogen) atoms. The molecule has 0 aromatic heterocycles. The molecule has 3 amide bonds. The SMILES string of the molecule is CCCC(=O)N1CCC(C(=O)Nc2ccc(C(N)=O)cc2)CC1. The summed E-state index contributed by atoms with van der Waals surface area (Å²) in [6, 6.07) is 6.50. The molecule has 1 fully saturated rings. The second-order valence-corrected chi connectivity index (χ2v) is 5.84. The van der Waals surface area contributed by atoms with Gasteiger partial charge < -0.3 is 16.0 Å². The van der Waals surface area contributed by atoms with Crippen molar-refractivity contribution in [2.75, 3.05) is 18.4 Å². The van der Waals surface area contributed by atoms with Gasteiger partial charge in [-0.3, -0.25) is 14.4 Å². The van der Waals surface area contributed by atoms with Crippen molar-refractivity contribution in [1.29, 1.82) is 0 Å². The second-order valence-electron chi connectivity index (χ2n) is 5.84. The zero-order valence-electron chi connectivity index (χ0n) is 13.4. The highest BCUT2D eigenvalue weighted by molar-refractivity contribution is 5.95. The minimum atomic E-state index is -0.494. The Bertz CT molecular complexity index is 575. The largest absolute Gasteiger partial charge is 0.366 e. The highest BCUT2D eigenvalue weighted by Crippen LogP contribution is 2.20. The number of likely N-dealkylation sites (tertiary alicyclic amines) is 1. The van der Waals surface area contributed by atoms with Gasteiger partial charge in [0.05, 0.1) is 0 Å². The van der Waals surface area contributed by atoms with Crippen molar-refractivity contribution in [1.82, 2.24) is 4.90 Å². The van der Waals surface area contributed by atoms with E-state index in [1.165, 1.54) is 0 Å². The Labute approximate surface area is 136 Å². The quantitative estimate of drug-likeness (QED) is 0.866. The van der Waals surface area contributed by atoms with Crippen molar-refractivity contribution in [3.05, 3.63) is 29.8 Å². The number of primary amides is 1. The monoisotopic (exact) mass is 317 g/mol. The average Bonchev–Trinajstić information content (AvgIpc) is 2.55. The first-order chi connectivity index (χ1) is 11.0. The number of nitrogens with zero attached hydrogens (tertiary/aromatic N) is 1. The van der Waals surface area contributed by atoms with E-state index >= 15 is 0 Å². The van der Waals surface area contributed by atoms with E-state index in [2.05, 4.69) is 5.32 Å². The number of nitrogens with one attached hydrogen (secondary N) is 1. The molecule has 6 nitrogen and oxygen atoms in total. The summed E-state index contributed by atoms with van der Waals surface area (Å²) >= 11 is 0. The molecular weight excluding hydrogens is 294 g/mol. The predicted molar refractivity (Wildman–Crippen MR) is 87.8 cm³/mol. The third-order valence-corrected chi connectivity index (χ3v) is 4.12. The molecule has 0 aliphatic carbocycles. The molecule has 1 aliphatic rings. The van der Waals surface area contributed by atoms with E-state index in [0.29, 0.717) is 43.6 Å². The summed E-state index contributed by atoms with van der Waals surface area (Å²) in [5.41, 5.74) is 6.23. The molecule has 0 bridgehead atoms. The van der Waals surface area contributed by atoms with Crippen molar-refractivity contribution in [3.8, 4) is 0 Å². The lowest BCUT2D eigenvalue weighted by Gasteiger charge is -2.31. The van der Waals surface area contributed by atoms with E-state index in [1.54, 1.807) is 24.3 Å². The van der Waals surface area contributed by atoms with Crippen molar-refractivity contribution < 1.29 is 14.4 Å². The lowest BCUT2D eigenvalue weighted by molar-refractivity contribution is -0.134. The van der Waals surface area contributed by atoms with Crippen LogP contribution < -0.4 is 11.1 Å². The van der Waals surface area contributed by atoms with Crippen LogP contribution in [0.4, 0.5) is 5.69 Å². The Kier molecular flexibility index (Phi) is 5.73. The number of carbonyl (C=O) groups excluding carboxylic acids is 3. The van der Waals surface area contributed by atoms with E-state index in [1.807, 2.05) is 11.8 Å². The summed E-state index contributed by atoms with van der Waals surface area (Å²) in [4.78, 5) is 37.0. The molecule has 1 heterocycles. The molecule has 1 aromatic rings. The van der Waals surface area contributed by atoms with Crippen LogP contribution in [-0.2, 0) is 9.59 Å². The normalized spacial score (nSPS) is 15.3. The topological polar surface area (TPSA) is 92.5 Å². The van der Waals surface area contributed by atoms with Gasteiger partial charge in [-0.15, -0.1) is 0 Å². The molecule has 1 aromatic carbocycles. The number of benzene rings is 1. The Morgan fingerprint density at radius 3 is 2.30 bits per heavy atom. The molecule has 3 N–H and O–H groups in total. The first kappa shape index (κ1) is 17.0. The van der Waals surface area contributed by atoms with Crippen molar-refractivity contribution in [2.24, 2.45) is 11.7 Å². The first-order valence-corrected chi connectivity index (χ1v) is 7.99. The van der Waals surface area contributed by atoms with Gasteiger partial charge in [0.1, 0.15) is 0 Å². The van der Waals surface area contributed by atoms with Gasteiger partial charge >= 0.3 is 0 Å². The fourth-order valence-electron chi connectivity index (χ4n) is 2.73. The van der Waals surface area contributed by atoms with Crippen molar-refractivity contribution in [3.63, 3.8) is 0 Å². The third kappa shape index (κ3) is 4.55. The van der Waals surface area contributed by atoms with Gasteiger partial charge in [-0.05, 0) is 43.5 Å². The molecule has 0 atom stereocenters. The van der Waals surface area contributed by atoms with Crippen LogP contribution in [0.15, 0.2) is 24.3 Å². The molecule has 0 saturated carbocycles. The molecule has 6 heteroatoms. The minimum Gasteiger partial charge on any atom is -0.366 e. The highest BCUT2D eigenvalue weighted by Gasteiger charge is 2.26. The van der Waals surface area contributed by atoms with E-state index in [9.17, 15) is 14.4 Å². The maximum atomic E-state index is 12.3. The van der Waals surface area contributed by atoms with Gasteiger partial charge in [0.25, 0.3) is 0 Å². The van der Waals surface area contributed by atoms with Crippen molar-refractivity contribution in [2.45, 2.75) is 32.6 Å². The number of hydrogen-bond acceptors (Lipinski definition) is 3. The summed E-state index contributed by atoms with van der Waals surface area (Å²) in [6.07, 6.45) is 2.78. The predicted octanol–water partition coefficient (Wildman–Crippen LogP) is 1.76. The fourth-order valence-corrected chi connectivity index (χ4v) is 2.73. The van der Waals surface area contributed by atoms with Crippen molar-refractivity contribution >= 4 is 23.4 Å². The maximum absolute atomic E-state index is 12.3. The van der Waals surface area contributed by atoms with Crippen LogP contribution in [0, 0.1) is 5.92 Å². The molecule has 1 saturated heterocycles. The minimum absolute atomic E-state index is 0.0422. The number of nitrogens with two attached hydrogens (primary N) is 1. The smallest absolute Gasteiger partial charge is 0.248 e. The lowest BCUT2D eigenvalue weighted by atomic mass is 9.95. The number of amides is 3. The molecule has 0 unspecified atom stereocenters. The molecule has 124 valence electrons. The van der Waals surface area contributed by atoms with Crippen LogP contribution in [0.2, 0.25) is 0 Å². The summed E-state index contributed by atoms with van der Waals surface area (Å²) in [6.45, 7) is 3.26. The number of hydrogen-bond donors (Lipinski definition) is 2. The number of piperidine rings is 1. The Balaban J connectivity index is 1.85. The summed E-state index contributed by atoms with van der Waals surface area (Å²) in [5, 5.41) is 2.85. The van der Waals surface area contributed by atoms with Crippen LogP contribution in [0.3, 0.4) is 0 Å². The lowest BCUT2D eigenvalue weighted by Crippen LogP contribution is -2.41. The zero-order chi connectivity index (χ0) is 16.8. The van der Waals surface area contributed by atoms with Gasteiger partial charge in [-0.2, -0.15) is 0 Å². The van der Waals surface area contributed by atoms with Gasteiger partial charge in [0, 0.05) is 36.7 Å². The number of rotatable bonds is 5. The van der Waals surface area contributed by atoms with E-state index in [4.69, 9.17) is 5.73 Å². The molecule has 0 radical (unpaired) electrons. The van der Waals surface area contributed by atoms with Crippen LogP contribution in [0.5, 0.6) is 0 Å². The average molecular weight is 317 g/mol. The zero-order valence-corrected chi connectivity index (χ0v) is 13.4. The van der Waals surface area contributed by atoms with Gasteiger partial charge in [-0.1, -0.05) is 6.92 Å². The molecule has 2 rings (SSSR count).